The minimum Gasteiger partial charge on any atom is -0.343 e. The van der Waals surface area contributed by atoms with Crippen molar-refractivity contribution in [2.45, 2.75) is 17.7 Å². The number of hydrogen-bond acceptors (Lipinski definition) is 7. The number of fused-ring (bicyclic) bond motifs is 1. The number of rotatable bonds is 6. The zero-order valence-electron chi connectivity index (χ0n) is 20.5. The summed E-state index contributed by atoms with van der Waals surface area (Å²) in [6, 6.07) is 16.4. The topological polar surface area (TPSA) is 121 Å². The van der Waals surface area contributed by atoms with E-state index in [0.29, 0.717) is 30.1 Å². The molecule has 194 valence electrons. The van der Waals surface area contributed by atoms with Gasteiger partial charge in [0.05, 0.1) is 17.1 Å². The van der Waals surface area contributed by atoms with E-state index in [0.717, 1.165) is 22.4 Å². The summed E-state index contributed by atoms with van der Waals surface area (Å²) < 4.78 is 26.9. The molecule has 5 rings (SSSR count). The highest BCUT2D eigenvalue weighted by molar-refractivity contribution is 7.89. The fourth-order valence-electron chi connectivity index (χ4n) is 4.21. The van der Waals surface area contributed by atoms with Crippen molar-refractivity contribution in [1.29, 1.82) is 0 Å². The van der Waals surface area contributed by atoms with E-state index in [2.05, 4.69) is 20.6 Å². The Morgan fingerprint density at radius 2 is 1.82 bits per heavy atom. The number of aryl methyl sites for hydroxylation is 1. The third-order valence-corrected chi connectivity index (χ3v) is 8.97. The highest BCUT2D eigenvalue weighted by Crippen LogP contribution is 2.29. The number of nitrogens with one attached hydrogen (secondary N) is 2. The number of hydrogen-bond donors (Lipinski definition) is 2. The maximum absolute atomic E-state index is 12.8. The lowest BCUT2D eigenvalue weighted by molar-refractivity contribution is -0.115. The largest absolute Gasteiger partial charge is 0.343 e. The molecule has 0 spiro atoms. The van der Waals surface area contributed by atoms with Crippen LogP contribution in [0.15, 0.2) is 77.3 Å². The average molecular weight is 548 g/mol. The first kappa shape index (κ1) is 25.7. The number of anilines is 1. The van der Waals surface area contributed by atoms with Gasteiger partial charge in [0.25, 0.3) is 5.91 Å². The molecule has 0 unspecified atom stereocenters. The van der Waals surface area contributed by atoms with Crippen molar-refractivity contribution in [2.75, 3.05) is 25.5 Å². The predicted octanol–water partition coefficient (Wildman–Crippen LogP) is 3.81. The Morgan fingerprint density at radius 3 is 2.63 bits per heavy atom. The lowest BCUT2D eigenvalue weighted by Gasteiger charge is -2.15. The van der Waals surface area contributed by atoms with Crippen molar-refractivity contribution >= 4 is 38.3 Å². The molecular formula is C27H25N5O4S2. The molecular weight excluding hydrogens is 522 g/mol. The quantitative estimate of drug-likeness (QED) is 0.379. The molecule has 1 aliphatic heterocycles. The molecule has 2 aromatic carbocycles. The van der Waals surface area contributed by atoms with Gasteiger partial charge in [-0.05, 0) is 59.9 Å². The molecule has 4 aromatic rings. The Hall–Kier alpha value is -3.93. The summed E-state index contributed by atoms with van der Waals surface area (Å²) in [7, 11) is -2.13. The number of benzene rings is 2. The standard InChI is InChI=1S/C27H25N5O4S2/c1-32-13-3-6-19-7-8-22(15-24(19)38(32,35)36)26(34)29-16-25(33)31-27-30-23(17-37-27)21-5-2-4-20(14-21)18-9-11-28-12-10-18/h2,4-5,7-12,14-15,17H,3,6,13,16H2,1H3,(H,29,34)(H,30,31,33). The van der Waals surface area contributed by atoms with Gasteiger partial charge in [-0.1, -0.05) is 24.3 Å². The molecule has 38 heavy (non-hydrogen) atoms. The molecule has 11 heteroatoms. The number of carbonyl (C=O) groups is 2. The van der Waals surface area contributed by atoms with Crippen LogP contribution in [0.4, 0.5) is 5.13 Å². The van der Waals surface area contributed by atoms with Crippen molar-refractivity contribution in [2.24, 2.45) is 0 Å². The van der Waals surface area contributed by atoms with Crippen LogP contribution in [0.3, 0.4) is 0 Å². The Morgan fingerprint density at radius 1 is 1.03 bits per heavy atom. The molecule has 0 radical (unpaired) electrons. The molecule has 0 fully saturated rings. The van der Waals surface area contributed by atoms with E-state index < -0.39 is 21.8 Å². The average Bonchev–Trinajstić information content (AvgIpc) is 3.36. The summed E-state index contributed by atoms with van der Waals surface area (Å²) >= 11 is 1.29. The van der Waals surface area contributed by atoms with E-state index in [-0.39, 0.29) is 17.0 Å². The van der Waals surface area contributed by atoms with Crippen molar-refractivity contribution in [3.8, 4) is 22.4 Å². The summed E-state index contributed by atoms with van der Waals surface area (Å²) in [5, 5.41) is 7.53. The van der Waals surface area contributed by atoms with Gasteiger partial charge in [0.15, 0.2) is 5.13 Å². The van der Waals surface area contributed by atoms with Gasteiger partial charge < -0.3 is 10.6 Å². The van der Waals surface area contributed by atoms with E-state index in [1.807, 2.05) is 41.8 Å². The van der Waals surface area contributed by atoms with Gasteiger partial charge in [0, 0.05) is 42.5 Å². The Labute approximate surface area is 224 Å². The number of thiazole rings is 1. The van der Waals surface area contributed by atoms with Gasteiger partial charge in [-0.25, -0.2) is 17.7 Å². The smallest absolute Gasteiger partial charge is 0.251 e. The van der Waals surface area contributed by atoms with Crippen LogP contribution in [0.25, 0.3) is 22.4 Å². The van der Waals surface area contributed by atoms with Gasteiger partial charge in [0.2, 0.25) is 15.9 Å². The monoisotopic (exact) mass is 547 g/mol. The second-order valence-electron chi connectivity index (χ2n) is 8.84. The summed E-state index contributed by atoms with van der Waals surface area (Å²) in [5.74, 6) is -0.968. The second kappa shape index (κ2) is 10.8. The number of aromatic nitrogens is 2. The Kier molecular flexibility index (Phi) is 7.32. The maximum atomic E-state index is 12.8. The zero-order valence-corrected chi connectivity index (χ0v) is 22.2. The minimum atomic E-state index is -3.66. The van der Waals surface area contributed by atoms with E-state index in [1.54, 1.807) is 24.5 Å². The first-order chi connectivity index (χ1) is 18.3. The number of nitrogens with zero attached hydrogens (tertiary/aromatic N) is 3. The van der Waals surface area contributed by atoms with Crippen LogP contribution in [0.1, 0.15) is 22.3 Å². The number of amides is 2. The highest BCUT2D eigenvalue weighted by Gasteiger charge is 2.27. The maximum Gasteiger partial charge on any atom is 0.251 e. The van der Waals surface area contributed by atoms with Gasteiger partial charge in [0.1, 0.15) is 0 Å². The fourth-order valence-corrected chi connectivity index (χ4v) is 6.43. The molecule has 0 saturated heterocycles. The van der Waals surface area contributed by atoms with Gasteiger partial charge in [-0.2, -0.15) is 0 Å². The molecule has 3 heterocycles. The van der Waals surface area contributed by atoms with Crippen LogP contribution in [0.5, 0.6) is 0 Å². The molecule has 0 bridgehead atoms. The van der Waals surface area contributed by atoms with Gasteiger partial charge >= 0.3 is 0 Å². The second-order valence-corrected chi connectivity index (χ2v) is 11.7. The number of carbonyl (C=O) groups excluding carboxylic acids is 2. The molecule has 0 atom stereocenters. The highest BCUT2D eigenvalue weighted by atomic mass is 32.2. The predicted molar refractivity (Wildman–Crippen MR) is 146 cm³/mol. The lowest BCUT2D eigenvalue weighted by Crippen LogP contribution is -2.33. The molecule has 2 N–H and O–H groups in total. The van der Waals surface area contributed by atoms with Crippen molar-refractivity contribution in [3.05, 3.63) is 83.5 Å². The van der Waals surface area contributed by atoms with Crippen LogP contribution in [0, 0.1) is 0 Å². The molecule has 2 amide bonds. The van der Waals surface area contributed by atoms with E-state index in [1.165, 1.54) is 28.8 Å². The molecule has 2 aromatic heterocycles. The normalized spacial score (nSPS) is 14.8. The van der Waals surface area contributed by atoms with Crippen LogP contribution in [-0.2, 0) is 21.2 Å². The first-order valence-corrected chi connectivity index (χ1v) is 14.3. The molecule has 0 saturated carbocycles. The van der Waals surface area contributed by atoms with Gasteiger partial charge in [-0.15, -0.1) is 11.3 Å². The fraction of sp³-hybridized carbons (Fsp3) is 0.185. The van der Waals surface area contributed by atoms with E-state index in [9.17, 15) is 18.0 Å². The molecule has 9 nitrogen and oxygen atoms in total. The summed E-state index contributed by atoms with van der Waals surface area (Å²) in [5.41, 5.74) is 4.58. The third-order valence-electron chi connectivity index (χ3n) is 6.27. The minimum absolute atomic E-state index is 0.137. The van der Waals surface area contributed by atoms with Gasteiger partial charge in [-0.3, -0.25) is 14.6 Å². The Balaban J connectivity index is 1.22. The molecule has 0 aliphatic carbocycles. The number of sulfonamides is 1. The number of pyridine rings is 1. The Bertz CT molecular complexity index is 1600. The van der Waals surface area contributed by atoms with Crippen LogP contribution < -0.4 is 10.6 Å². The van der Waals surface area contributed by atoms with Crippen LogP contribution in [0.2, 0.25) is 0 Å². The van der Waals surface area contributed by atoms with Crippen LogP contribution in [-0.4, -0.2) is 54.6 Å². The summed E-state index contributed by atoms with van der Waals surface area (Å²) in [6.45, 7) is 0.141. The third kappa shape index (κ3) is 5.49. The lowest BCUT2D eigenvalue weighted by atomic mass is 10.0. The van der Waals surface area contributed by atoms with E-state index in [4.69, 9.17) is 0 Å². The van der Waals surface area contributed by atoms with Crippen molar-refractivity contribution in [1.82, 2.24) is 19.6 Å². The SMILES string of the molecule is CN1CCCc2ccc(C(=O)NCC(=O)Nc3nc(-c4cccc(-c5ccncc5)c4)cs3)cc2S1(=O)=O. The summed E-state index contributed by atoms with van der Waals surface area (Å²) in [6.07, 6.45) is 4.81. The summed E-state index contributed by atoms with van der Waals surface area (Å²) in [4.78, 5) is 33.9. The van der Waals surface area contributed by atoms with E-state index >= 15 is 0 Å². The van der Waals surface area contributed by atoms with Crippen LogP contribution >= 0.6 is 11.3 Å². The first-order valence-electron chi connectivity index (χ1n) is 11.9. The van der Waals surface area contributed by atoms with Crippen molar-refractivity contribution in [3.63, 3.8) is 0 Å². The van der Waals surface area contributed by atoms with Crippen molar-refractivity contribution < 1.29 is 18.0 Å². The zero-order chi connectivity index (χ0) is 26.7. The molecule has 1 aliphatic rings.